The van der Waals surface area contributed by atoms with Gasteiger partial charge in [0.05, 0.1) is 0 Å². The fourth-order valence-corrected chi connectivity index (χ4v) is 0.547. The number of halogens is 9. The van der Waals surface area contributed by atoms with Crippen LogP contribution in [-0.4, -0.2) is 31.2 Å². The van der Waals surface area contributed by atoms with Crippen LogP contribution in [-0.2, 0) is 9.68 Å². The first-order valence-corrected chi connectivity index (χ1v) is 3.33. The zero-order valence-corrected chi connectivity index (χ0v) is 7.00. The third-order valence-corrected chi connectivity index (χ3v) is 1.12. The molecule has 0 aromatic heterocycles. The first-order chi connectivity index (χ1) is 6.90. The molecule has 0 aliphatic heterocycles. The van der Waals surface area contributed by atoms with E-state index >= 15 is 0 Å². The summed E-state index contributed by atoms with van der Waals surface area (Å²) in [6, 6.07) is 0. The Bertz CT molecular complexity index is 219. The highest BCUT2D eigenvalue weighted by Gasteiger charge is 2.60. The maximum atomic E-state index is 12.3. The first kappa shape index (κ1) is 15.3. The van der Waals surface area contributed by atoms with E-state index in [4.69, 9.17) is 0 Å². The lowest BCUT2D eigenvalue weighted by Gasteiger charge is -2.25. The molecule has 0 saturated heterocycles. The third-order valence-electron chi connectivity index (χ3n) is 1.12. The standard InChI is InChI=1S/C5H3F9O2/c6-3(7,8)1-15-5(12,13)2(16-14)4(9,10)11/h2H,1H2. The molecule has 0 bridgehead atoms. The van der Waals surface area contributed by atoms with Crippen LogP contribution in [0.25, 0.3) is 0 Å². The molecule has 0 N–H and O–H groups in total. The minimum Gasteiger partial charge on any atom is -0.308 e. The van der Waals surface area contributed by atoms with Crippen LogP contribution in [0, 0.1) is 0 Å². The van der Waals surface area contributed by atoms with Gasteiger partial charge in [-0.1, -0.05) is 0 Å². The predicted octanol–water partition coefficient (Wildman–Crippen LogP) is 2.99. The highest BCUT2D eigenvalue weighted by atomic mass is 19.4. The fourth-order valence-electron chi connectivity index (χ4n) is 0.547. The van der Waals surface area contributed by atoms with Crippen molar-refractivity contribution < 1.29 is 49.3 Å². The summed E-state index contributed by atoms with van der Waals surface area (Å²) in [5.74, 6) is 0. The summed E-state index contributed by atoms with van der Waals surface area (Å²) in [5, 5.41) is 0. The molecular formula is C5H3F9O2. The molecule has 0 spiro atoms. The van der Waals surface area contributed by atoms with Crippen molar-refractivity contribution >= 4 is 0 Å². The maximum Gasteiger partial charge on any atom is 0.426 e. The van der Waals surface area contributed by atoms with Crippen LogP contribution in [0.15, 0.2) is 0 Å². The Morgan fingerprint density at radius 3 is 1.56 bits per heavy atom. The van der Waals surface area contributed by atoms with Gasteiger partial charge in [-0.25, -0.2) is 0 Å². The number of hydrogen-bond donors (Lipinski definition) is 0. The molecule has 0 aliphatic rings. The van der Waals surface area contributed by atoms with Crippen LogP contribution in [0.1, 0.15) is 0 Å². The highest BCUT2D eigenvalue weighted by molar-refractivity contribution is 4.76. The van der Waals surface area contributed by atoms with Gasteiger partial charge in [0, 0.05) is 0 Å². The smallest absolute Gasteiger partial charge is 0.308 e. The molecule has 0 rings (SSSR count). The average Bonchev–Trinajstić information content (AvgIpc) is 1.97. The number of hydrogen-bond acceptors (Lipinski definition) is 2. The van der Waals surface area contributed by atoms with Crippen molar-refractivity contribution in [3.8, 4) is 0 Å². The second-order valence-corrected chi connectivity index (χ2v) is 2.48. The zero-order chi connectivity index (χ0) is 13.2. The zero-order valence-electron chi connectivity index (χ0n) is 7.00. The summed E-state index contributed by atoms with van der Waals surface area (Å²) in [7, 11) is 0. The van der Waals surface area contributed by atoms with E-state index in [2.05, 4.69) is 4.74 Å². The Balaban J connectivity index is 4.63. The minimum atomic E-state index is -5.91. The van der Waals surface area contributed by atoms with E-state index in [0.717, 1.165) is 0 Å². The van der Waals surface area contributed by atoms with Crippen LogP contribution >= 0.6 is 0 Å². The van der Waals surface area contributed by atoms with E-state index in [1.807, 2.05) is 4.94 Å². The van der Waals surface area contributed by atoms with Gasteiger partial charge in [0.15, 0.2) is 0 Å². The van der Waals surface area contributed by atoms with Gasteiger partial charge in [-0.3, -0.25) is 0 Å². The SMILES string of the molecule is FOC(C(F)(F)F)C(F)(F)OCC(F)(F)F. The molecular weight excluding hydrogens is 263 g/mol. The average molecular weight is 266 g/mol. The van der Waals surface area contributed by atoms with Crippen LogP contribution < -0.4 is 0 Å². The summed E-state index contributed by atoms with van der Waals surface area (Å²) < 4.78 is 107. The molecule has 2 nitrogen and oxygen atoms in total. The van der Waals surface area contributed by atoms with Gasteiger partial charge in [0.2, 0.25) is 0 Å². The number of rotatable bonds is 4. The summed E-state index contributed by atoms with van der Waals surface area (Å²) in [5.41, 5.74) is 0. The molecule has 98 valence electrons. The van der Waals surface area contributed by atoms with Crippen molar-refractivity contribution in [1.29, 1.82) is 0 Å². The predicted molar refractivity (Wildman–Crippen MR) is 29.0 cm³/mol. The molecule has 1 unspecified atom stereocenters. The van der Waals surface area contributed by atoms with Crippen LogP contribution in [0.4, 0.5) is 39.6 Å². The summed E-state index contributed by atoms with van der Waals surface area (Å²) in [6.45, 7) is -2.67. The Hall–Kier alpha value is -0.710. The normalized spacial score (nSPS) is 16.3. The molecule has 0 aromatic rings. The van der Waals surface area contributed by atoms with Gasteiger partial charge in [-0.05, 0) is 4.53 Å². The second kappa shape index (κ2) is 4.65. The van der Waals surface area contributed by atoms with E-state index in [-0.39, 0.29) is 0 Å². The molecule has 0 saturated carbocycles. The molecule has 0 fully saturated rings. The lowest BCUT2D eigenvalue weighted by atomic mass is 10.3. The molecule has 0 aromatic carbocycles. The van der Waals surface area contributed by atoms with Gasteiger partial charge in [0.25, 0.3) is 6.10 Å². The van der Waals surface area contributed by atoms with Gasteiger partial charge in [-0.2, -0.15) is 40.1 Å². The van der Waals surface area contributed by atoms with Crippen molar-refractivity contribution in [2.75, 3.05) is 6.61 Å². The van der Waals surface area contributed by atoms with Crippen molar-refractivity contribution in [3.63, 3.8) is 0 Å². The van der Waals surface area contributed by atoms with E-state index < -0.39 is 31.2 Å². The lowest BCUT2D eigenvalue weighted by Crippen LogP contribution is -2.48. The molecule has 16 heavy (non-hydrogen) atoms. The van der Waals surface area contributed by atoms with Crippen molar-refractivity contribution in [3.05, 3.63) is 0 Å². The van der Waals surface area contributed by atoms with E-state index in [0.29, 0.717) is 0 Å². The van der Waals surface area contributed by atoms with E-state index in [9.17, 15) is 39.6 Å². The topological polar surface area (TPSA) is 18.5 Å². The van der Waals surface area contributed by atoms with Gasteiger partial charge < -0.3 is 4.74 Å². The quantitative estimate of drug-likeness (QED) is 0.728. The van der Waals surface area contributed by atoms with Crippen molar-refractivity contribution in [2.24, 2.45) is 0 Å². The van der Waals surface area contributed by atoms with E-state index in [1.165, 1.54) is 0 Å². The summed E-state index contributed by atoms with van der Waals surface area (Å²) in [6.07, 6.45) is -21.1. The largest absolute Gasteiger partial charge is 0.426 e. The molecule has 1 atom stereocenters. The number of alkyl halides is 8. The van der Waals surface area contributed by atoms with Gasteiger partial charge in [-0.15, -0.1) is 0 Å². The van der Waals surface area contributed by atoms with Crippen molar-refractivity contribution in [1.82, 2.24) is 0 Å². The lowest BCUT2D eigenvalue weighted by molar-refractivity contribution is -0.414. The Kier molecular flexibility index (Phi) is 4.45. The van der Waals surface area contributed by atoms with Crippen LogP contribution in [0.2, 0.25) is 0 Å². The summed E-state index contributed by atoms with van der Waals surface area (Å²) in [4.78, 5) is 1.88. The maximum absolute atomic E-state index is 12.3. The Labute approximate surface area is 81.8 Å². The van der Waals surface area contributed by atoms with Crippen LogP contribution in [0.3, 0.4) is 0 Å². The molecule has 11 heteroatoms. The highest BCUT2D eigenvalue weighted by Crippen LogP contribution is 2.36. The van der Waals surface area contributed by atoms with Crippen LogP contribution in [0.5, 0.6) is 0 Å². The first-order valence-electron chi connectivity index (χ1n) is 3.33. The fraction of sp³-hybridized carbons (Fsp3) is 1.00. The molecule has 0 aliphatic carbocycles. The number of ether oxygens (including phenoxy) is 1. The molecule has 0 amide bonds. The van der Waals surface area contributed by atoms with Gasteiger partial charge >= 0.3 is 18.5 Å². The van der Waals surface area contributed by atoms with E-state index in [1.54, 1.807) is 0 Å². The molecule has 0 radical (unpaired) electrons. The minimum absolute atomic E-state index is 1.88. The Morgan fingerprint density at radius 1 is 0.875 bits per heavy atom. The van der Waals surface area contributed by atoms with Gasteiger partial charge in [0.1, 0.15) is 6.61 Å². The Morgan fingerprint density at radius 2 is 1.31 bits per heavy atom. The monoisotopic (exact) mass is 266 g/mol. The molecule has 0 heterocycles. The van der Waals surface area contributed by atoms with Crippen molar-refractivity contribution in [2.45, 2.75) is 24.6 Å². The second-order valence-electron chi connectivity index (χ2n) is 2.48. The third kappa shape index (κ3) is 4.88. The summed E-state index contributed by atoms with van der Waals surface area (Å²) >= 11 is 0.